The molecule has 1 heterocycles. The van der Waals surface area contributed by atoms with Gasteiger partial charge in [-0.1, -0.05) is 31.7 Å². The Morgan fingerprint density at radius 1 is 1.18 bits per heavy atom. The molecule has 1 aliphatic rings. The van der Waals surface area contributed by atoms with Crippen molar-refractivity contribution in [2.24, 2.45) is 5.92 Å². The normalized spacial score (nSPS) is 14.4. The van der Waals surface area contributed by atoms with Gasteiger partial charge in [-0.3, -0.25) is 0 Å². The third-order valence-electron chi connectivity index (χ3n) is 5.02. The Morgan fingerprint density at radius 3 is 2.64 bits per heavy atom. The highest BCUT2D eigenvalue weighted by Gasteiger charge is 2.18. The average molecular weight is 423 g/mol. The molecule has 0 bridgehead atoms. The minimum absolute atomic E-state index is 0.376. The van der Waals surface area contributed by atoms with Crippen LogP contribution in [0.25, 0.3) is 0 Å². The highest BCUT2D eigenvalue weighted by Crippen LogP contribution is 2.24. The molecule has 8 heteroatoms. The summed E-state index contributed by atoms with van der Waals surface area (Å²) in [6, 6.07) is 5.55. The van der Waals surface area contributed by atoms with Gasteiger partial charge in [-0.2, -0.15) is 0 Å². The summed E-state index contributed by atoms with van der Waals surface area (Å²) >= 11 is 1.59. The smallest absolute Gasteiger partial charge is 0.240 e. The lowest BCUT2D eigenvalue weighted by molar-refractivity contribution is 0.477. The zero-order chi connectivity index (χ0) is 20.1. The summed E-state index contributed by atoms with van der Waals surface area (Å²) in [7, 11) is -3.47. The molecule has 1 N–H and O–H groups in total. The second-order valence-electron chi connectivity index (χ2n) is 7.75. The Morgan fingerprint density at radius 2 is 1.93 bits per heavy atom. The predicted molar refractivity (Wildman–Crippen MR) is 113 cm³/mol. The van der Waals surface area contributed by atoms with E-state index in [4.69, 9.17) is 0 Å². The third-order valence-corrected chi connectivity index (χ3v) is 7.15. The summed E-state index contributed by atoms with van der Waals surface area (Å²) in [5.41, 5.74) is 2.47. The lowest BCUT2D eigenvalue weighted by Crippen LogP contribution is -2.25. The van der Waals surface area contributed by atoms with Gasteiger partial charge in [-0.05, 0) is 67.5 Å². The molecule has 0 radical (unpaired) electrons. The number of sulfonamides is 1. The molecule has 1 aromatic carbocycles. The maximum Gasteiger partial charge on any atom is 0.240 e. The number of nitrogens with zero attached hydrogens (tertiary/aromatic N) is 3. The molecule has 0 aliphatic heterocycles. The summed E-state index contributed by atoms with van der Waals surface area (Å²) in [6.07, 6.45) is 7.75. The summed E-state index contributed by atoms with van der Waals surface area (Å²) in [6.45, 7) is 5.60. The maximum absolute atomic E-state index is 12.6. The van der Waals surface area contributed by atoms with Crippen molar-refractivity contribution >= 4 is 21.8 Å². The van der Waals surface area contributed by atoms with Gasteiger partial charge in [0.05, 0.1) is 4.90 Å². The molecule has 0 fully saturated rings. The van der Waals surface area contributed by atoms with Crippen molar-refractivity contribution < 1.29 is 8.42 Å². The molecule has 0 unspecified atom stereocenters. The molecule has 0 spiro atoms. The van der Waals surface area contributed by atoms with Crippen LogP contribution in [0.2, 0.25) is 0 Å². The second kappa shape index (κ2) is 9.41. The largest absolute Gasteiger partial charge is 0.306 e. The van der Waals surface area contributed by atoms with Crippen molar-refractivity contribution in [2.45, 2.75) is 69.0 Å². The van der Waals surface area contributed by atoms with Crippen LogP contribution in [0.4, 0.5) is 0 Å². The van der Waals surface area contributed by atoms with E-state index in [-0.39, 0.29) is 0 Å². The number of thioether (sulfide) groups is 1. The van der Waals surface area contributed by atoms with E-state index >= 15 is 0 Å². The molecule has 2 aromatic rings. The molecule has 154 valence electrons. The van der Waals surface area contributed by atoms with Gasteiger partial charge >= 0.3 is 0 Å². The highest BCUT2D eigenvalue weighted by atomic mass is 32.2. The van der Waals surface area contributed by atoms with Crippen LogP contribution < -0.4 is 4.72 Å². The first kappa shape index (κ1) is 21.3. The molecule has 0 saturated heterocycles. The van der Waals surface area contributed by atoms with Crippen molar-refractivity contribution in [2.75, 3.05) is 12.8 Å². The quantitative estimate of drug-likeness (QED) is 0.495. The van der Waals surface area contributed by atoms with Crippen LogP contribution in [0, 0.1) is 5.92 Å². The van der Waals surface area contributed by atoms with Gasteiger partial charge in [0, 0.05) is 19.5 Å². The Labute approximate surface area is 172 Å². The maximum atomic E-state index is 12.6. The number of hydrogen-bond acceptors (Lipinski definition) is 5. The number of hydrogen-bond donors (Lipinski definition) is 1. The Balaban J connectivity index is 1.58. The third kappa shape index (κ3) is 5.15. The fourth-order valence-corrected chi connectivity index (χ4v) is 5.26. The van der Waals surface area contributed by atoms with E-state index in [1.807, 2.05) is 18.4 Å². The summed E-state index contributed by atoms with van der Waals surface area (Å²) in [5, 5.41) is 9.45. The average Bonchev–Trinajstić information content (AvgIpc) is 3.05. The van der Waals surface area contributed by atoms with Gasteiger partial charge in [0.1, 0.15) is 5.82 Å². The zero-order valence-electron chi connectivity index (χ0n) is 16.9. The van der Waals surface area contributed by atoms with Crippen molar-refractivity contribution in [3.05, 3.63) is 35.2 Å². The van der Waals surface area contributed by atoms with Gasteiger partial charge in [0.25, 0.3) is 0 Å². The first-order valence-electron chi connectivity index (χ1n) is 9.98. The van der Waals surface area contributed by atoms with E-state index in [2.05, 4.69) is 33.3 Å². The van der Waals surface area contributed by atoms with E-state index in [0.717, 1.165) is 36.8 Å². The zero-order valence-corrected chi connectivity index (χ0v) is 18.6. The van der Waals surface area contributed by atoms with E-state index in [9.17, 15) is 8.42 Å². The second-order valence-corrected chi connectivity index (χ2v) is 10.3. The van der Waals surface area contributed by atoms with Crippen LogP contribution in [0.1, 0.15) is 50.1 Å². The minimum Gasteiger partial charge on any atom is -0.306 e. The summed E-state index contributed by atoms with van der Waals surface area (Å²) < 4.78 is 30.2. The van der Waals surface area contributed by atoms with Crippen LogP contribution in [-0.2, 0) is 35.8 Å². The highest BCUT2D eigenvalue weighted by molar-refractivity contribution is 7.98. The van der Waals surface area contributed by atoms with Gasteiger partial charge < -0.3 is 4.57 Å². The summed E-state index contributed by atoms with van der Waals surface area (Å²) in [5.74, 6) is 1.43. The number of rotatable bonds is 9. The molecule has 1 aromatic heterocycles. The van der Waals surface area contributed by atoms with Gasteiger partial charge in [-0.25, -0.2) is 13.1 Å². The molecular formula is C20H30N4O2S2. The first-order chi connectivity index (χ1) is 13.4. The molecule has 3 rings (SSSR count). The molecule has 0 amide bonds. The molecular weight excluding hydrogens is 392 g/mol. The Hall–Kier alpha value is -1.38. The predicted octanol–water partition coefficient (Wildman–Crippen LogP) is 3.45. The van der Waals surface area contributed by atoms with E-state index in [0.29, 0.717) is 30.2 Å². The monoisotopic (exact) mass is 422 g/mol. The van der Waals surface area contributed by atoms with Crippen molar-refractivity contribution in [1.29, 1.82) is 0 Å². The van der Waals surface area contributed by atoms with E-state index in [1.54, 1.807) is 17.8 Å². The number of aryl methyl sites for hydroxylation is 3. The van der Waals surface area contributed by atoms with Crippen LogP contribution in [0.5, 0.6) is 0 Å². The standard InChI is InChI=1S/C20H30N4O2S2/c1-15(2)14-24-19(22-23-20(24)27-3)9-6-12-21-28(25,26)18-11-10-16-7-4-5-8-17(16)13-18/h10-11,13,15,21H,4-9,12,14H2,1-3H3. The van der Waals surface area contributed by atoms with E-state index < -0.39 is 10.0 Å². The number of fused-ring (bicyclic) bond motifs is 1. The fraction of sp³-hybridized carbons (Fsp3) is 0.600. The first-order valence-corrected chi connectivity index (χ1v) is 12.7. The molecule has 28 heavy (non-hydrogen) atoms. The number of nitrogens with one attached hydrogen (secondary N) is 1. The van der Waals surface area contributed by atoms with Crippen LogP contribution in [-0.4, -0.2) is 36.0 Å². The summed E-state index contributed by atoms with van der Waals surface area (Å²) in [4.78, 5) is 0.376. The van der Waals surface area contributed by atoms with E-state index in [1.165, 1.54) is 17.5 Å². The van der Waals surface area contributed by atoms with Crippen molar-refractivity contribution in [3.63, 3.8) is 0 Å². The molecule has 0 atom stereocenters. The lowest BCUT2D eigenvalue weighted by Gasteiger charge is -2.16. The van der Waals surface area contributed by atoms with Gasteiger partial charge in [-0.15, -0.1) is 10.2 Å². The minimum atomic E-state index is -3.47. The molecule has 0 saturated carbocycles. The molecule has 1 aliphatic carbocycles. The number of aromatic nitrogens is 3. The fourth-order valence-electron chi connectivity index (χ4n) is 3.62. The Bertz CT molecular complexity index is 907. The Kier molecular flexibility index (Phi) is 7.17. The van der Waals surface area contributed by atoms with Crippen LogP contribution in [0.15, 0.2) is 28.3 Å². The van der Waals surface area contributed by atoms with Crippen molar-refractivity contribution in [1.82, 2.24) is 19.5 Å². The lowest BCUT2D eigenvalue weighted by atomic mass is 9.92. The topological polar surface area (TPSA) is 76.9 Å². The number of benzene rings is 1. The molecule has 6 nitrogen and oxygen atoms in total. The SMILES string of the molecule is CSc1nnc(CCCNS(=O)(=O)c2ccc3c(c2)CCCC3)n1CC(C)C. The van der Waals surface area contributed by atoms with Crippen LogP contribution in [0.3, 0.4) is 0 Å². The van der Waals surface area contributed by atoms with Crippen LogP contribution >= 0.6 is 11.8 Å². The van der Waals surface area contributed by atoms with Crippen molar-refractivity contribution in [3.8, 4) is 0 Å². The van der Waals surface area contributed by atoms with Gasteiger partial charge in [0.15, 0.2) is 5.16 Å². The van der Waals surface area contributed by atoms with Gasteiger partial charge in [0.2, 0.25) is 10.0 Å².